The van der Waals surface area contributed by atoms with Gasteiger partial charge in [0.1, 0.15) is 29.0 Å². The molecule has 0 N–H and O–H groups in total. The lowest BCUT2D eigenvalue weighted by Gasteiger charge is -2.13. The third kappa shape index (κ3) is 3.44. The fourth-order valence-electron chi connectivity index (χ4n) is 2.82. The maximum Gasteiger partial charge on any atom is 0.280 e. The Hall–Kier alpha value is -3.68. The van der Waals surface area contributed by atoms with E-state index in [0.29, 0.717) is 29.1 Å². The highest BCUT2D eigenvalue weighted by molar-refractivity contribution is 5.79. The van der Waals surface area contributed by atoms with Crippen molar-refractivity contribution >= 4 is 10.9 Å². The van der Waals surface area contributed by atoms with Crippen molar-refractivity contribution in [2.45, 2.75) is 6.54 Å². The Balaban J connectivity index is 1.75. The Morgan fingerprint density at radius 2 is 1.79 bits per heavy atom. The predicted molar refractivity (Wildman–Crippen MR) is 95.7 cm³/mol. The Kier molecular flexibility index (Phi) is 4.52. The first-order chi connectivity index (χ1) is 13.5. The van der Waals surface area contributed by atoms with Crippen molar-refractivity contribution in [1.29, 1.82) is 0 Å². The van der Waals surface area contributed by atoms with Gasteiger partial charge in [-0.2, -0.15) is 4.98 Å². The molecule has 140 valence electrons. The lowest BCUT2D eigenvalue weighted by Crippen LogP contribution is -2.14. The van der Waals surface area contributed by atoms with E-state index in [1.54, 1.807) is 30.5 Å². The first kappa shape index (κ1) is 17.7. The molecule has 0 unspecified atom stereocenters. The lowest BCUT2D eigenvalue weighted by molar-refractivity contribution is 0.481. The normalized spacial score (nSPS) is 11.0. The molecule has 5 nitrogen and oxygen atoms in total. The van der Waals surface area contributed by atoms with Gasteiger partial charge in [-0.15, -0.1) is 0 Å². The molecular weight excluding hydrogens is 371 g/mol. The average molecular weight is 383 g/mol. The molecule has 0 saturated carbocycles. The van der Waals surface area contributed by atoms with Crippen molar-refractivity contribution in [3.05, 3.63) is 94.6 Å². The van der Waals surface area contributed by atoms with Crippen LogP contribution in [0.15, 0.2) is 66.0 Å². The predicted octanol–water partition coefficient (Wildman–Crippen LogP) is 4.05. The highest BCUT2D eigenvalue weighted by atomic mass is 19.1. The molecule has 4 aromatic rings. The number of ether oxygens (including phenoxy) is 1. The molecule has 0 bridgehead atoms. The fraction of sp³-hybridized carbons (Fsp3) is 0.0500. The van der Waals surface area contributed by atoms with Gasteiger partial charge >= 0.3 is 0 Å². The van der Waals surface area contributed by atoms with Crippen molar-refractivity contribution in [1.82, 2.24) is 14.5 Å². The first-order valence-electron chi connectivity index (χ1n) is 8.22. The molecule has 2 heterocycles. The minimum atomic E-state index is -1.01. The number of nitrogens with zero attached hydrogens (tertiary/aromatic N) is 3. The summed E-state index contributed by atoms with van der Waals surface area (Å²) < 4.78 is 48.1. The van der Waals surface area contributed by atoms with Crippen LogP contribution in [0, 0.1) is 17.5 Å². The van der Waals surface area contributed by atoms with Gasteiger partial charge in [0.2, 0.25) is 0 Å². The smallest absolute Gasteiger partial charge is 0.280 e. The number of benzene rings is 2. The Labute approximate surface area is 156 Å². The van der Waals surface area contributed by atoms with Gasteiger partial charge in [-0.25, -0.2) is 13.2 Å². The molecule has 4 rings (SSSR count). The van der Waals surface area contributed by atoms with E-state index in [4.69, 9.17) is 4.74 Å². The van der Waals surface area contributed by atoms with Gasteiger partial charge in [-0.3, -0.25) is 9.78 Å². The van der Waals surface area contributed by atoms with Crippen molar-refractivity contribution in [3.8, 4) is 11.5 Å². The number of fused-ring (bicyclic) bond motifs is 1. The van der Waals surface area contributed by atoms with Crippen molar-refractivity contribution in [3.63, 3.8) is 0 Å². The van der Waals surface area contributed by atoms with Gasteiger partial charge in [-0.05, 0) is 30.3 Å². The van der Waals surface area contributed by atoms with Crippen molar-refractivity contribution < 1.29 is 17.9 Å². The molecule has 28 heavy (non-hydrogen) atoms. The number of hydrogen-bond acceptors (Lipinski definition) is 4. The van der Waals surface area contributed by atoms with Crippen LogP contribution >= 0.6 is 0 Å². The van der Waals surface area contributed by atoms with E-state index in [-0.39, 0.29) is 17.5 Å². The van der Waals surface area contributed by atoms with Gasteiger partial charge in [-0.1, -0.05) is 0 Å². The SMILES string of the molecule is O=c1ncn(Cc2c(F)cc(F)cc2F)c2ccc(Oc3cccnc3)cc12. The lowest BCUT2D eigenvalue weighted by atomic mass is 10.1. The fourth-order valence-corrected chi connectivity index (χ4v) is 2.82. The van der Waals surface area contributed by atoms with E-state index < -0.39 is 23.0 Å². The summed E-state index contributed by atoms with van der Waals surface area (Å²) in [5.41, 5.74) is -0.437. The van der Waals surface area contributed by atoms with Gasteiger partial charge in [0.05, 0.1) is 30.0 Å². The molecule has 0 saturated heterocycles. The summed E-state index contributed by atoms with van der Waals surface area (Å²) in [4.78, 5) is 19.9. The van der Waals surface area contributed by atoms with Gasteiger partial charge in [0, 0.05) is 23.9 Å². The summed E-state index contributed by atoms with van der Waals surface area (Å²) in [6.45, 7) is -0.259. The highest BCUT2D eigenvalue weighted by Crippen LogP contribution is 2.24. The maximum atomic E-state index is 14.0. The summed E-state index contributed by atoms with van der Waals surface area (Å²) in [5.74, 6) is -2.15. The molecule has 0 aliphatic rings. The first-order valence-corrected chi connectivity index (χ1v) is 8.22. The molecule has 0 spiro atoms. The van der Waals surface area contributed by atoms with Crippen LogP contribution in [0.1, 0.15) is 5.56 Å². The van der Waals surface area contributed by atoms with E-state index >= 15 is 0 Å². The molecule has 0 fully saturated rings. The summed E-state index contributed by atoms with van der Waals surface area (Å²) >= 11 is 0. The van der Waals surface area contributed by atoms with Crippen molar-refractivity contribution in [2.75, 3.05) is 0 Å². The molecule has 2 aromatic carbocycles. The number of aromatic nitrogens is 3. The topological polar surface area (TPSA) is 57.0 Å². The standard InChI is InChI=1S/C20H12F3N3O2/c21-12-6-17(22)16(18(23)7-12)10-26-11-25-20(27)15-8-13(3-4-19(15)26)28-14-2-1-5-24-9-14/h1-9,11H,10H2. The third-order valence-electron chi connectivity index (χ3n) is 4.13. The third-order valence-corrected chi connectivity index (χ3v) is 4.13. The van der Waals surface area contributed by atoms with Gasteiger partial charge < -0.3 is 9.30 Å². The molecule has 2 aromatic heterocycles. The largest absolute Gasteiger partial charge is 0.456 e. The summed E-state index contributed by atoms with van der Waals surface area (Å²) in [6.07, 6.45) is 4.31. The van der Waals surface area contributed by atoms with Crippen LogP contribution in [0.4, 0.5) is 13.2 Å². The monoisotopic (exact) mass is 383 g/mol. The minimum absolute atomic E-state index is 0.215. The zero-order chi connectivity index (χ0) is 19.7. The molecule has 0 aliphatic heterocycles. The van der Waals surface area contributed by atoms with E-state index in [0.717, 1.165) is 0 Å². The average Bonchev–Trinajstić information content (AvgIpc) is 2.67. The molecule has 0 amide bonds. The van der Waals surface area contributed by atoms with Gasteiger partial charge in [0.15, 0.2) is 0 Å². The van der Waals surface area contributed by atoms with Crippen LogP contribution in [-0.2, 0) is 6.54 Å². The molecule has 0 atom stereocenters. The molecule has 8 heteroatoms. The molecule has 0 radical (unpaired) electrons. The zero-order valence-corrected chi connectivity index (χ0v) is 14.3. The number of halogens is 3. The second kappa shape index (κ2) is 7.15. The van der Waals surface area contributed by atoms with Crippen LogP contribution in [0.25, 0.3) is 10.9 Å². The minimum Gasteiger partial charge on any atom is -0.456 e. The van der Waals surface area contributed by atoms with Crippen LogP contribution in [-0.4, -0.2) is 14.5 Å². The van der Waals surface area contributed by atoms with Crippen LogP contribution in [0.3, 0.4) is 0 Å². The summed E-state index contributed by atoms with van der Waals surface area (Å²) in [6, 6.07) is 9.32. The maximum absolute atomic E-state index is 14.0. The number of pyridine rings is 1. The molecule has 0 aliphatic carbocycles. The van der Waals surface area contributed by atoms with E-state index in [1.165, 1.54) is 23.2 Å². The number of hydrogen-bond donors (Lipinski definition) is 0. The summed E-state index contributed by atoms with van der Waals surface area (Å²) in [5, 5.41) is 0.215. The highest BCUT2D eigenvalue weighted by Gasteiger charge is 2.14. The van der Waals surface area contributed by atoms with Crippen LogP contribution < -0.4 is 10.3 Å². The Morgan fingerprint density at radius 1 is 1.00 bits per heavy atom. The Bertz CT molecular complexity index is 1200. The second-order valence-corrected chi connectivity index (χ2v) is 6.00. The van der Waals surface area contributed by atoms with Crippen LogP contribution in [0.2, 0.25) is 0 Å². The van der Waals surface area contributed by atoms with Crippen molar-refractivity contribution in [2.24, 2.45) is 0 Å². The number of rotatable bonds is 4. The van der Waals surface area contributed by atoms with E-state index in [9.17, 15) is 18.0 Å². The van der Waals surface area contributed by atoms with Crippen LogP contribution in [0.5, 0.6) is 11.5 Å². The van der Waals surface area contributed by atoms with E-state index in [2.05, 4.69) is 9.97 Å². The Morgan fingerprint density at radius 3 is 2.50 bits per heavy atom. The second-order valence-electron chi connectivity index (χ2n) is 6.00. The van der Waals surface area contributed by atoms with E-state index in [1.807, 2.05) is 0 Å². The zero-order valence-electron chi connectivity index (χ0n) is 14.3. The molecular formula is C20H12F3N3O2. The quantitative estimate of drug-likeness (QED) is 0.534. The summed E-state index contributed by atoms with van der Waals surface area (Å²) in [7, 11) is 0. The van der Waals surface area contributed by atoms with Gasteiger partial charge in [0.25, 0.3) is 5.56 Å².